The zero-order chi connectivity index (χ0) is 10.2. The third-order valence-electron chi connectivity index (χ3n) is 2.39. The van der Waals surface area contributed by atoms with Crippen molar-refractivity contribution in [2.45, 2.75) is 24.4 Å². The highest BCUT2D eigenvalue weighted by atomic mass is 32.1. The second-order valence-corrected chi connectivity index (χ2v) is 4.44. The van der Waals surface area contributed by atoms with Gasteiger partial charge >= 0.3 is 0 Å². The highest BCUT2D eigenvalue weighted by Crippen LogP contribution is 2.39. The molecule has 14 heavy (non-hydrogen) atoms. The summed E-state index contributed by atoms with van der Waals surface area (Å²) in [6.45, 7) is 0. The molecule has 0 aliphatic heterocycles. The summed E-state index contributed by atoms with van der Waals surface area (Å²) in [5.74, 6) is -2.76. The molecule has 1 aliphatic carbocycles. The maximum atomic E-state index is 12.8. The molecule has 76 valence electrons. The molecule has 0 saturated carbocycles. The van der Waals surface area contributed by atoms with Gasteiger partial charge in [-0.25, -0.2) is 8.78 Å². The van der Waals surface area contributed by atoms with Crippen molar-refractivity contribution in [1.29, 1.82) is 0 Å². The number of aliphatic hydroxyl groups is 1. The minimum absolute atomic E-state index is 0.0804. The first kappa shape index (κ1) is 9.80. The molecule has 0 radical (unpaired) electrons. The van der Waals surface area contributed by atoms with Crippen LogP contribution in [0.2, 0.25) is 0 Å². The van der Waals surface area contributed by atoms with Crippen LogP contribution in [0.15, 0.2) is 29.7 Å². The number of thiophene rings is 1. The third-order valence-corrected chi connectivity index (χ3v) is 3.43. The molecule has 0 spiro atoms. The minimum Gasteiger partial charge on any atom is -0.380 e. The van der Waals surface area contributed by atoms with Gasteiger partial charge in [0.15, 0.2) is 0 Å². The number of rotatable bonds is 1. The van der Waals surface area contributed by atoms with Crippen LogP contribution in [0.25, 0.3) is 0 Å². The van der Waals surface area contributed by atoms with E-state index in [-0.39, 0.29) is 12.8 Å². The lowest BCUT2D eigenvalue weighted by atomic mass is 9.88. The lowest BCUT2D eigenvalue weighted by molar-refractivity contribution is -0.0122. The maximum Gasteiger partial charge on any atom is 0.266 e. The van der Waals surface area contributed by atoms with E-state index in [1.807, 2.05) is 5.38 Å². The molecule has 4 heteroatoms. The Morgan fingerprint density at radius 1 is 1.29 bits per heavy atom. The first-order chi connectivity index (χ1) is 6.52. The largest absolute Gasteiger partial charge is 0.380 e. The Morgan fingerprint density at radius 3 is 2.57 bits per heavy atom. The van der Waals surface area contributed by atoms with Gasteiger partial charge in [-0.05, 0) is 30.0 Å². The predicted octanol–water partition coefficient (Wildman–Crippen LogP) is 2.92. The topological polar surface area (TPSA) is 20.2 Å². The van der Waals surface area contributed by atoms with Gasteiger partial charge in [0, 0.05) is 11.3 Å². The van der Waals surface area contributed by atoms with E-state index in [1.165, 1.54) is 17.4 Å². The molecule has 0 saturated heterocycles. The van der Waals surface area contributed by atoms with Crippen LogP contribution in [0, 0.1) is 0 Å². The zero-order valence-corrected chi connectivity index (χ0v) is 8.23. The second kappa shape index (κ2) is 3.14. The number of hydrogen-bond donors (Lipinski definition) is 1. The maximum absolute atomic E-state index is 12.8. The summed E-state index contributed by atoms with van der Waals surface area (Å²) in [4.78, 5) is 0.726. The average molecular weight is 216 g/mol. The Labute approximate surface area is 84.7 Å². The van der Waals surface area contributed by atoms with Gasteiger partial charge in [-0.3, -0.25) is 0 Å². The van der Waals surface area contributed by atoms with Crippen molar-refractivity contribution in [2.24, 2.45) is 0 Å². The summed E-state index contributed by atoms with van der Waals surface area (Å²) in [6.07, 6.45) is 1.80. The molecular weight excluding hydrogens is 206 g/mol. The van der Waals surface area contributed by atoms with E-state index in [1.54, 1.807) is 12.1 Å². The summed E-state index contributed by atoms with van der Waals surface area (Å²) >= 11 is 1.38. The molecule has 1 N–H and O–H groups in total. The van der Waals surface area contributed by atoms with Crippen molar-refractivity contribution < 1.29 is 13.9 Å². The van der Waals surface area contributed by atoms with E-state index in [0.29, 0.717) is 0 Å². The smallest absolute Gasteiger partial charge is 0.266 e. The van der Waals surface area contributed by atoms with Gasteiger partial charge in [0.25, 0.3) is 5.92 Å². The Balaban J connectivity index is 2.29. The quantitative estimate of drug-likeness (QED) is 0.715. The van der Waals surface area contributed by atoms with Crippen LogP contribution in [0.3, 0.4) is 0 Å². The average Bonchev–Trinajstić information content (AvgIpc) is 2.64. The van der Waals surface area contributed by atoms with Crippen LogP contribution in [-0.4, -0.2) is 11.0 Å². The molecule has 1 nitrogen and oxygen atoms in total. The summed E-state index contributed by atoms with van der Waals surface area (Å²) in [5, 5.41) is 11.9. The molecular formula is C10H10F2OS. The summed E-state index contributed by atoms with van der Waals surface area (Å²) in [5.41, 5.74) is -1.18. The summed E-state index contributed by atoms with van der Waals surface area (Å²) < 4.78 is 25.6. The highest BCUT2D eigenvalue weighted by molar-refractivity contribution is 7.10. The van der Waals surface area contributed by atoms with E-state index in [4.69, 9.17) is 0 Å². The molecule has 1 atom stereocenters. The Bertz CT molecular complexity index is 345. The van der Waals surface area contributed by atoms with E-state index in [9.17, 15) is 13.9 Å². The number of allylic oxidation sites excluding steroid dienone is 1. The van der Waals surface area contributed by atoms with Gasteiger partial charge in [0.2, 0.25) is 0 Å². The SMILES string of the molecule is OC1(c2cccs2)C=CC(F)(F)CC1. The molecule has 1 heterocycles. The normalized spacial score (nSPS) is 30.5. The van der Waals surface area contributed by atoms with Crippen LogP contribution >= 0.6 is 11.3 Å². The van der Waals surface area contributed by atoms with Crippen molar-refractivity contribution in [2.75, 3.05) is 0 Å². The molecule has 0 amide bonds. The molecule has 0 bridgehead atoms. The van der Waals surface area contributed by atoms with Crippen molar-refractivity contribution in [3.63, 3.8) is 0 Å². The van der Waals surface area contributed by atoms with Gasteiger partial charge in [0.1, 0.15) is 5.60 Å². The summed E-state index contributed by atoms with van der Waals surface area (Å²) in [7, 11) is 0. The third kappa shape index (κ3) is 1.72. The van der Waals surface area contributed by atoms with Crippen LogP contribution in [0.4, 0.5) is 8.78 Å². The van der Waals surface area contributed by atoms with Crippen LogP contribution in [0.1, 0.15) is 17.7 Å². The number of alkyl halides is 2. The predicted molar refractivity (Wildman–Crippen MR) is 51.5 cm³/mol. The van der Waals surface area contributed by atoms with E-state index < -0.39 is 11.5 Å². The highest BCUT2D eigenvalue weighted by Gasteiger charge is 2.38. The van der Waals surface area contributed by atoms with E-state index in [0.717, 1.165) is 11.0 Å². The van der Waals surface area contributed by atoms with E-state index in [2.05, 4.69) is 0 Å². The van der Waals surface area contributed by atoms with Gasteiger partial charge in [0.05, 0.1) is 0 Å². The standard InChI is InChI=1S/C10H10F2OS/c11-10(12)5-3-9(13,4-6-10)8-2-1-7-14-8/h1-3,5,7,13H,4,6H2. The van der Waals surface area contributed by atoms with Crippen molar-refractivity contribution >= 4 is 11.3 Å². The minimum atomic E-state index is -2.76. The van der Waals surface area contributed by atoms with Crippen molar-refractivity contribution in [3.8, 4) is 0 Å². The molecule has 2 rings (SSSR count). The molecule has 1 unspecified atom stereocenters. The zero-order valence-electron chi connectivity index (χ0n) is 7.41. The fourth-order valence-corrected chi connectivity index (χ4v) is 2.35. The van der Waals surface area contributed by atoms with Crippen molar-refractivity contribution in [1.82, 2.24) is 0 Å². The molecule has 0 aromatic carbocycles. The van der Waals surface area contributed by atoms with Crippen LogP contribution < -0.4 is 0 Å². The second-order valence-electron chi connectivity index (χ2n) is 3.50. The summed E-state index contributed by atoms with van der Waals surface area (Å²) in [6, 6.07) is 3.57. The van der Waals surface area contributed by atoms with Gasteiger partial charge < -0.3 is 5.11 Å². The Morgan fingerprint density at radius 2 is 2.07 bits per heavy atom. The fourth-order valence-electron chi connectivity index (χ4n) is 1.51. The lowest BCUT2D eigenvalue weighted by Crippen LogP contribution is -2.30. The van der Waals surface area contributed by atoms with Gasteiger partial charge in [-0.1, -0.05) is 6.07 Å². The van der Waals surface area contributed by atoms with Crippen LogP contribution in [-0.2, 0) is 5.60 Å². The van der Waals surface area contributed by atoms with Gasteiger partial charge in [-0.2, -0.15) is 0 Å². The lowest BCUT2D eigenvalue weighted by Gasteiger charge is -2.29. The fraction of sp³-hybridized carbons (Fsp3) is 0.400. The van der Waals surface area contributed by atoms with Crippen LogP contribution in [0.5, 0.6) is 0 Å². The molecule has 1 aromatic heterocycles. The molecule has 1 aliphatic rings. The number of halogens is 2. The first-order valence-corrected chi connectivity index (χ1v) is 5.24. The Hall–Kier alpha value is -0.740. The molecule has 1 aromatic rings. The van der Waals surface area contributed by atoms with Crippen molar-refractivity contribution in [3.05, 3.63) is 34.5 Å². The van der Waals surface area contributed by atoms with Gasteiger partial charge in [-0.15, -0.1) is 11.3 Å². The monoisotopic (exact) mass is 216 g/mol. The Kier molecular flexibility index (Phi) is 2.20. The number of hydrogen-bond acceptors (Lipinski definition) is 2. The van der Waals surface area contributed by atoms with E-state index >= 15 is 0 Å². The first-order valence-electron chi connectivity index (χ1n) is 4.36. The molecule has 0 fully saturated rings.